The molecule has 0 amide bonds. The van der Waals surface area contributed by atoms with Crippen molar-refractivity contribution in [2.24, 2.45) is 5.92 Å². The van der Waals surface area contributed by atoms with E-state index in [4.69, 9.17) is 16.3 Å². The van der Waals surface area contributed by atoms with E-state index < -0.39 is 11.0 Å². The molecule has 6 heteroatoms. The number of imidazole rings is 1. The molecule has 3 unspecified atom stereocenters. The summed E-state index contributed by atoms with van der Waals surface area (Å²) in [6.45, 7) is 4.01. The molecule has 2 aliphatic carbocycles. The summed E-state index contributed by atoms with van der Waals surface area (Å²) in [4.78, 5) is 9.23. The van der Waals surface area contributed by atoms with E-state index in [9.17, 15) is 0 Å². The number of allylic oxidation sites excluding steroid dienone is 4. The third-order valence-electron chi connectivity index (χ3n) is 5.40. The van der Waals surface area contributed by atoms with E-state index in [1.54, 1.807) is 25.4 Å². The Hall–Kier alpha value is -1.88. The highest BCUT2D eigenvalue weighted by atomic mass is 35.5. The Kier molecular flexibility index (Phi) is 4.30. The van der Waals surface area contributed by atoms with Crippen LogP contribution in [0.25, 0.3) is 11.2 Å². The maximum atomic E-state index is 15.1. The Bertz CT molecular complexity index is 898. The van der Waals surface area contributed by atoms with Gasteiger partial charge in [0.1, 0.15) is 5.52 Å². The van der Waals surface area contributed by atoms with Gasteiger partial charge in [-0.15, -0.1) is 0 Å². The Morgan fingerprint density at radius 2 is 2.23 bits per heavy atom. The highest BCUT2D eigenvalue weighted by Crippen LogP contribution is 2.47. The van der Waals surface area contributed by atoms with Crippen molar-refractivity contribution in [2.75, 3.05) is 7.11 Å². The molecule has 2 aromatic heterocycles. The van der Waals surface area contributed by atoms with Crippen LogP contribution in [0.5, 0.6) is 6.01 Å². The summed E-state index contributed by atoms with van der Waals surface area (Å²) in [5, 5.41) is -1.98. The number of aromatic nitrogens is 3. The number of rotatable bonds is 5. The molecule has 4 nitrogen and oxygen atoms in total. The number of alkyl halides is 2. The van der Waals surface area contributed by atoms with E-state index in [-0.39, 0.29) is 0 Å². The van der Waals surface area contributed by atoms with Crippen molar-refractivity contribution in [1.82, 2.24) is 14.5 Å². The average molecular weight is 376 g/mol. The molecule has 2 heterocycles. The Labute approximate surface area is 157 Å². The molecule has 26 heavy (non-hydrogen) atoms. The third kappa shape index (κ3) is 2.82. The minimum absolute atomic E-state index is 0.299. The maximum absolute atomic E-state index is 15.1. The summed E-state index contributed by atoms with van der Waals surface area (Å²) in [5.74, 6) is 0.0117. The van der Waals surface area contributed by atoms with Gasteiger partial charge in [0.15, 0.2) is 5.65 Å². The molecule has 2 aliphatic rings. The third-order valence-corrected chi connectivity index (χ3v) is 5.74. The van der Waals surface area contributed by atoms with Crippen LogP contribution < -0.4 is 4.74 Å². The van der Waals surface area contributed by atoms with Gasteiger partial charge < -0.3 is 4.74 Å². The number of halogens is 2. The van der Waals surface area contributed by atoms with E-state index in [2.05, 4.69) is 21.5 Å². The zero-order chi connectivity index (χ0) is 18.5. The van der Waals surface area contributed by atoms with Crippen LogP contribution in [-0.4, -0.2) is 26.8 Å². The van der Waals surface area contributed by atoms with Crippen molar-refractivity contribution in [3.05, 3.63) is 41.6 Å². The van der Waals surface area contributed by atoms with Crippen LogP contribution in [0.1, 0.15) is 50.6 Å². The van der Waals surface area contributed by atoms with Crippen LogP contribution >= 0.6 is 11.6 Å². The summed E-state index contributed by atoms with van der Waals surface area (Å²) >= 11 is 6.22. The van der Waals surface area contributed by atoms with Gasteiger partial charge in [0.25, 0.3) is 6.01 Å². The van der Waals surface area contributed by atoms with Crippen molar-refractivity contribution in [1.29, 1.82) is 0 Å². The fraction of sp³-hybridized carbons (Fsp3) is 0.500. The van der Waals surface area contributed by atoms with Gasteiger partial charge in [0, 0.05) is 12.2 Å². The zero-order valence-corrected chi connectivity index (χ0v) is 16.0. The molecule has 138 valence electrons. The lowest BCUT2D eigenvalue weighted by atomic mass is 9.88. The van der Waals surface area contributed by atoms with Crippen LogP contribution in [0.4, 0.5) is 4.39 Å². The Morgan fingerprint density at radius 1 is 1.46 bits per heavy atom. The summed E-state index contributed by atoms with van der Waals surface area (Å²) in [6.07, 6.45) is 10.3. The molecule has 0 radical (unpaired) electrons. The number of ether oxygens (including phenoxy) is 1. The number of hydrogen-bond donors (Lipinski definition) is 0. The summed E-state index contributed by atoms with van der Waals surface area (Å²) in [6, 6.07) is 2.63. The van der Waals surface area contributed by atoms with Crippen molar-refractivity contribution in [2.45, 2.75) is 50.2 Å². The van der Waals surface area contributed by atoms with Crippen LogP contribution in [0.15, 0.2) is 36.1 Å². The van der Waals surface area contributed by atoms with Crippen LogP contribution in [0, 0.1) is 5.92 Å². The van der Waals surface area contributed by atoms with Gasteiger partial charge in [-0.3, -0.25) is 4.57 Å². The quantitative estimate of drug-likeness (QED) is 0.665. The van der Waals surface area contributed by atoms with Gasteiger partial charge >= 0.3 is 0 Å². The average Bonchev–Trinajstić information content (AvgIpc) is 3.36. The first-order valence-corrected chi connectivity index (χ1v) is 9.50. The number of pyridine rings is 1. The smallest absolute Gasteiger partial charge is 0.298 e. The second-order valence-electron chi connectivity index (χ2n) is 7.25. The first kappa shape index (κ1) is 17.5. The second-order valence-corrected chi connectivity index (χ2v) is 7.83. The molecule has 0 aromatic carbocycles. The van der Waals surface area contributed by atoms with E-state index in [1.165, 1.54) is 18.9 Å². The van der Waals surface area contributed by atoms with E-state index >= 15 is 4.39 Å². The number of methoxy groups -OCH3 is 1. The minimum atomic E-state index is -1.98. The van der Waals surface area contributed by atoms with Crippen molar-refractivity contribution < 1.29 is 9.13 Å². The molecule has 0 saturated heterocycles. The van der Waals surface area contributed by atoms with Crippen LogP contribution in [0.3, 0.4) is 0 Å². The zero-order valence-electron chi connectivity index (χ0n) is 15.2. The molecule has 0 aliphatic heterocycles. The molecule has 0 bridgehead atoms. The van der Waals surface area contributed by atoms with Gasteiger partial charge in [-0.05, 0) is 49.8 Å². The Morgan fingerprint density at radius 3 is 2.85 bits per heavy atom. The SMILES string of the molecule is CCC(C1CC1)n1c(OC)nc2c(C3C=CC(C)=CC3(F)Cl)ccnc21. The lowest BCUT2D eigenvalue weighted by Gasteiger charge is -2.27. The first-order chi connectivity index (χ1) is 12.5. The van der Waals surface area contributed by atoms with Gasteiger partial charge in [0.2, 0.25) is 5.13 Å². The second kappa shape index (κ2) is 6.38. The molecule has 3 atom stereocenters. The van der Waals surface area contributed by atoms with Crippen LogP contribution in [-0.2, 0) is 0 Å². The fourth-order valence-electron chi connectivity index (χ4n) is 4.02. The largest absolute Gasteiger partial charge is 0.468 e. The van der Waals surface area contributed by atoms with E-state index in [0.29, 0.717) is 23.5 Å². The predicted octanol–water partition coefficient (Wildman–Crippen LogP) is 5.31. The van der Waals surface area contributed by atoms with E-state index in [0.717, 1.165) is 23.2 Å². The highest BCUT2D eigenvalue weighted by Gasteiger charge is 2.39. The van der Waals surface area contributed by atoms with Gasteiger partial charge in [-0.25, -0.2) is 9.37 Å². The van der Waals surface area contributed by atoms with Crippen molar-refractivity contribution >= 4 is 22.8 Å². The minimum Gasteiger partial charge on any atom is -0.468 e. The fourth-order valence-corrected chi connectivity index (χ4v) is 4.38. The standard InChI is InChI=1S/C20H23ClFN3O/c1-4-16(13-6-7-13)25-18-17(24-19(25)26-3)14(9-10-23-18)15-8-5-12(2)11-20(15,21)22/h5,8-11,13,15-16H,4,6-7H2,1-3H3. The van der Waals surface area contributed by atoms with Gasteiger partial charge in [-0.2, -0.15) is 4.98 Å². The molecule has 1 saturated carbocycles. The molecule has 2 aromatic rings. The maximum Gasteiger partial charge on any atom is 0.298 e. The monoisotopic (exact) mass is 375 g/mol. The summed E-state index contributed by atoms with van der Waals surface area (Å²) < 4.78 is 22.7. The van der Waals surface area contributed by atoms with Crippen LogP contribution in [0.2, 0.25) is 0 Å². The number of hydrogen-bond acceptors (Lipinski definition) is 3. The van der Waals surface area contributed by atoms with Crippen molar-refractivity contribution in [3.63, 3.8) is 0 Å². The number of fused-ring (bicyclic) bond motifs is 1. The summed E-state index contributed by atoms with van der Waals surface area (Å²) in [5.41, 5.74) is 2.95. The van der Waals surface area contributed by atoms with E-state index in [1.807, 2.05) is 13.0 Å². The molecule has 0 spiro atoms. The normalized spacial score (nSPS) is 26.8. The first-order valence-electron chi connectivity index (χ1n) is 9.12. The molecule has 1 fully saturated rings. The summed E-state index contributed by atoms with van der Waals surface area (Å²) in [7, 11) is 1.62. The molecular weight excluding hydrogens is 353 g/mol. The lowest BCUT2D eigenvalue weighted by molar-refractivity contribution is 0.314. The van der Waals surface area contributed by atoms with Gasteiger partial charge in [0.05, 0.1) is 13.0 Å². The topological polar surface area (TPSA) is 39.9 Å². The predicted molar refractivity (Wildman–Crippen MR) is 101 cm³/mol. The Balaban J connectivity index is 1.88. The number of nitrogens with zero attached hydrogens (tertiary/aromatic N) is 3. The van der Waals surface area contributed by atoms with Gasteiger partial charge in [-0.1, -0.05) is 36.2 Å². The molecule has 4 rings (SSSR count). The molecular formula is C20H23ClFN3O. The highest BCUT2D eigenvalue weighted by molar-refractivity contribution is 6.25. The molecule has 0 N–H and O–H groups in total. The lowest BCUT2D eigenvalue weighted by Crippen LogP contribution is -2.24. The van der Waals surface area contributed by atoms with Crippen molar-refractivity contribution in [3.8, 4) is 6.01 Å².